The molecule has 2 aromatic heterocycles. The van der Waals surface area contributed by atoms with Crippen LogP contribution in [0.4, 0.5) is 0 Å². The van der Waals surface area contributed by atoms with E-state index >= 15 is 0 Å². The van der Waals surface area contributed by atoms with Crippen LogP contribution < -0.4 is 5.56 Å². The summed E-state index contributed by atoms with van der Waals surface area (Å²) in [7, 11) is 1.82. The molecule has 2 saturated heterocycles. The predicted molar refractivity (Wildman–Crippen MR) is 162 cm³/mol. The highest BCUT2D eigenvalue weighted by molar-refractivity contribution is 5.97. The molecule has 6 rings (SSSR count). The number of piperidine rings is 2. The van der Waals surface area contributed by atoms with Crippen LogP contribution in [-0.2, 0) is 18.4 Å². The minimum absolute atomic E-state index is 0.00887. The number of aromatic nitrogens is 3. The van der Waals surface area contributed by atoms with E-state index in [1.165, 1.54) is 23.0 Å². The number of amides is 2. The van der Waals surface area contributed by atoms with Crippen molar-refractivity contribution in [3.63, 3.8) is 0 Å². The van der Waals surface area contributed by atoms with E-state index in [9.17, 15) is 29.4 Å². The first kappa shape index (κ1) is 29.3. The number of hydrogen-bond acceptors (Lipinski definition) is 6. The minimum atomic E-state index is -1.15. The molecule has 2 N–H and O–H groups in total. The molecule has 2 fully saturated rings. The molecule has 2 atom stereocenters. The van der Waals surface area contributed by atoms with Crippen LogP contribution in [0.5, 0.6) is 0 Å². The second-order valence-electron chi connectivity index (χ2n) is 11.9. The van der Waals surface area contributed by atoms with Gasteiger partial charge in [0, 0.05) is 56.8 Å². The van der Waals surface area contributed by atoms with Crippen molar-refractivity contribution >= 4 is 28.8 Å². The van der Waals surface area contributed by atoms with E-state index in [1.807, 2.05) is 37.4 Å². The van der Waals surface area contributed by atoms with Crippen LogP contribution in [0.15, 0.2) is 78.0 Å². The lowest BCUT2D eigenvalue weighted by Crippen LogP contribution is -2.53. The van der Waals surface area contributed by atoms with Gasteiger partial charge in [-0.1, -0.05) is 36.4 Å². The average Bonchev–Trinajstić information content (AvgIpc) is 3.43. The third-order valence-electron chi connectivity index (χ3n) is 9.12. The molecule has 2 aromatic carbocycles. The van der Waals surface area contributed by atoms with Crippen molar-refractivity contribution in [3.05, 3.63) is 100 Å². The molecule has 4 aromatic rings. The minimum Gasteiger partial charge on any atom is -0.478 e. The molecule has 4 heterocycles. The van der Waals surface area contributed by atoms with Gasteiger partial charge in [0.25, 0.3) is 11.5 Å². The van der Waals surface area contributed by atoms with E-state index in [4.69, 9.17) is 0 Å². The maximum atomic E-state index is 14.0. The maximum Gasteiger partial charge on any atom is 0.335 e. The number of carbonyl (C=O) groups excluding carboxylic acids is 2. The number of aromatic carboxylic acids is 1. The SMILES string of the molecule is Cn1ccc2c(=O)n(CC3(O)CCN(C(=O)[C@@H]4CCN(C(=O)c5cccc(C(=O)O)c5)C[C@H]4c4ccccc4)CC3)cnc21. The van der Waals surface area contributed by atoms with Crippen LogP contribution in [0.3, 0.4) is 0 Å². The Morgan fingerprint density at radius 2 is 1.68 bits per heavy atom. The number of carboxylic acid groups (broad SMARTS) is 1. The predicted octanol–water partition coefficient (Wildman–Crippen LogP) is 2.73. The summed E-state index contributed by atoms with van der Waals surface area (Å²) in [6.07, 6.45) is 4.36. The van der Waals surface area contributed by atoms with Crippen molar-refractivity contribution in [1.29, 1.82) is 0 Å². The monoisotopic (exact) mass is 597 g/mol. The second-order valence-corrected chi connectivity index (χ2v) is 11.9. The molecule has 228 valence electrons. The summed E-state index contributed by atoms with van der Waals surface area (Å²) >= 11 is 0. The molecule has 0 aliphatic carbocycles. The Kier molecular flexibility index (Phi) is 7.81. The van der Waals surface area contributed by atoms with Crippen LogP contribution in [0.1, 0.15) is 51.5 Å². The highest BCUT2D eigenvalue weighted by Crippen LogP contribution is 2.36. The summed E-state index contributed by atoms with van der Waals surface area (Å²) in [5, 5.41) is 21.3. The van der Waals surface area contributed by atoms with Gasteiger partial charge in [-0.05, 0) is 49.1 Å². The van der Waals surface area contributed by atoms with Gasteiger partial charge in [-0.25, -0.2) is 9.78 Å². The van der Waals surface area contributed by atoms with Gasteiger partial charge in [0.2, 0.25) is 5.91 Å². The van der Waals surface area contributed by atoms with E-state index in [0.717, 1.165) is 5.56 Å². The number of carbonyl (C=O) groups is 3. The average molecular weight is 598 g/mol. The van der Waals surface area contributed by atoms with E-state index in [0.29, 0.717) is 62.0 Å². The number of aryl methyl sites for hydroxylation is 1. The molecule has 2 amide bonds. The van der Waals surface area contributed by atoms with Crippen LogP contribution >= 0.6 is 0 Å². The number of carboxylic acids is 1. The fraction of sp³-hybridized carbons (Fsp3) is 0.364. The smallest absolute Gasteiger partial charge is 0.335 e. The van der Waals surface area contributed by atoms with Gasteiger partial charge in [-0.2, -0.15) is 0 Å². The molecule has 11 heteroatoms. The molecule has 0 bridgehead atoms. The molecule has 2 aliphatic heterocycles. The third kappa shape index (κ3) is 5.62. The summed E-state index contributed by atoms with van der Waals surface area (Å²) in [4.78, 5) is 59.7. The summed E-state index contributed by atoms with van der Waals surface area (Å²) in [6.45, 7) is 1.50. The Bertz CT molecular complexity index is 1770. The first-order valence-corrected chi connectivity index (χ1v) is 14.8. The first-order valence-electron chi connectivity index (χ1n) is 14.8. The number of likely N-dealkylation sites (tertiary alicyclic amines) is 2. The zero-order valence-electron chi connectivity index (χ0n) is 24.5. The number of hydrogen-bond donors (Lipinski definition) is 2. The van der Waals surface area contributed by atoms with Crippen LogP contribution in [0.25, 0.3) is 11.0 Å². The zero-order chi connectivity index (χ0) is 31.0. The lowest BCUT2D eigenvalue weighted by molar-refractivity contribution is -0.142. The number of fused-ring (bicyclic) bond motifs is 1. The van der Waals surface area contributed by atoms with Gasteiger partial charge < -0.3 is 24.6 Å². The molecular formula is C33H35N5O6. The standard InChI is InChI=1S/C33H35N5O6/c1-35-14-10-26-28(35)34-21-38(31(26)41)20-33(44)12-16-36(17-13-33)30(40)25-11-15-37(19-27(25)22-6-3-2-4-7-22)29(39)23-8-5-9-24(18-23)32(42)43/h2-10,14,18,21,25,27,44H,11-13,15-17,19-20H2,1H3,(H,42,43)/t25-,27+/m1/s1. The highest BCUT2D eigenvalue weighted by atomic mass is 16.4. The van der Waals surface area contributed by atoms with Crippen molar-refractivity contribution in [2.24, 2.45) is 13.0 Å². The third-order valence-corrected chi connectivity index (χ3v) is 9.12. The molecule has 0 saturated carbocycles. The number of nitrogens with zero attached hydrogens (tertiary/aromatic N) is 5. The largest absolute Gasteiger partial charge is 0.478 e. The molecule has 0 spiro atoms. The van der Waals surface area contributed by atoms with Gasteiger partial charge in [0.05, 0.1) is 23.1 Å². The summed E-state index contributed by atoms with van der Waals surface area (Å²) in [5.74, 6) is -1.97. The lowest BCUT2D eigenvalue weighted by Gasteiger charge is -2.43. The Hall–Kier alpha value is -4.77. The Morgan fingerprint density at radius 3 is 2.41 bits per heavy atom. The van der Waals surface area contributed by atoms with E-state index < -0.39 is 11.6 Å². The topological polar surface area (TPSA) is 138 Å². The first-order chi connectivity index (χ1) is 21.1. The highest BCUT2D eigenvalue weighted by Gasteiger charge is 2.41. The van der Waals surface area contributed by atoms with Crippen molar-refractivity contribution in [2.45, 2.75) is 37.3 Å². The normalized spacial score (nSPS) is 20.0. The van der Waals surface area contributed by atoms with Gasteiger partial charge in [0.15, 0.2) is 0 Å². The molecule has 0 radical (unpaired) electrons. The quantitative estimate of drug-likeness (QED) is 0.349. The molecule has 0 unspecified atom stereocenters. The Labute approximate surface area is 254 Å². The van der Waals surface area contributed by atoms with E-state index in [-0.39, 0.29) is 41.3 Å². The molecule has 2 aliphatic rings. The number of aliphatic hydroxyl groups is 1. The van der Waals surface area contributed by atoms with Crippen molar-refractivity contribution < 1.29 is 24.6 Å². The summed E-state index contributed by atoms with van der Waals surface area (Å²) in [5.41, 5.74) is 0.547. The maximum absolute atomic E-state index is 14.0. The fourth-order valence-electron chi connectivity index (χ4n) is 6.58. The molecule has 11 nitrogen and oxygen atoms in total. The van der Waals surface area contributed by atoms with Crippen LogP contribution in [0, 0.1) is 5.92 Å². The molecule has 44 heavy (non-hydrogen) atoms. The molecular weight excluding hydrogens is 562 g/mol. The number of benzene rings is 2. The van der Waals surface area contributed by atoms with Crippen molar-refractivity contribution in [3.8, 4) is 0 Å². The van der Waals surface area contributed by atoms with Crippen molar-refractivity contribution in [1.82, 2.24) is 23.9 Å². The van der Waals surface area contributed by atoms with E-state index in [2.05, 4.69) is 4.98 Å². The zero-order valence-corrected chi connectivity index (χ0v) is 24.5. The summed E-state index contributed by atoms with van der Waals surface area (Å²) in [6, 6.07) is 17.4. The summed E-state index contributed by atoms with van der Waals surface area (Å²) < 4.78 is 3.23. The lowest BCUT2D eigenvalue weighted by atomic mass is 9.79. The number of rotatable bonds is 6. The Balaban J connectivity index is 1.16. The van der Waals surface area contributed by atoms with Crippen LogP contribution in [0.2, 0.25) is 0 Å². The van der Waals surface area contributed by atoms with Gasteiger partial charge in [-0.15, -0.1) is 0 Å². The Morgan fingerprint density at radius 1 is 0.955 bits per heavy atom. The van der Waals surface area contributed by atoms with Crippen LogP contribution in [-0.4, -0.2) is 83.7 Å². The fourth-order valence-corrected chi connectivity index (χ4v) is 6.58. The van der Waals surface area contributed by atoms with E-state index in [1.54, 1.807) is 38.8 Å². The van der Waals surface area contributed by atoms with Crippen molar-refractivity contribution in [2.75, 3.05) is 26.2 Å². The second kappa shape index (κ2) is 11.7. The van der Waals surface area contributed by atoms with Gasteiger partial charge in [-0.3, -0.25) is 19.0 Å². The van der Waals surface area contributed by atoms with Gasteiger partial charge in [0.1, 0.15) is 12.0 Å². The van der Waals surface area contributed by atoms with Gasteiger partial charge >= 0.3 is 5.97 Å².